The van der Waals surface area contributed by atoms with E-state index >= 15 is 0 Å². The number of hydrogen-bond donors (Lipinski definition) is 0. The quantitative estimate of drug-likeness (QED) is 0.474. The summed E-state index contributed by atoms with van der Waals surface area (Å²) in [4.78, 5) is 18.4. The molecule has 0 spiro atoms. The van der Waals surface area contributed by atoms with Crippen molar-refractivity contribution in [3.63, 3.8) is 0 Å². The highest BCUT2D eigenvalue weighted by Gasteiger charge is 2.14. The standard InChI is InChI=1S/C23H22N2O2S/c1-15-5-4-6-18(12-15)27-10-9-25-14-24-22-21(23(25)26)20(13-28-22)19-8-7-16(2)11-17(19)3/h4-8,11-14H,9-10H2,1-3H3. The van der Waals surface area contributed by atoms with E-state index in [1.807, 2.05) is 36.6 Å². The lowest BCUT2D eigenvalue weighted by molar-refractivity contribution is 0.296. The van der Waals surface area contributed by atoms with Crippen molar-refractivity contribution < 1.29 is 4.74 Å². The van der Waals surface area contributed by atoms with Crippen LogP contribution < -0.4 is 10.3 Å². The predicted octanol–water partition coefficient (Wildman–Crippen LogP) is 5.13. The number of ether oxygens (including phenoxy) is 1. The molecule has 0 aliphatic heterocycles. The van der Waals surface area contributed by atoms with Crippen LogP contribution in [0.2, 0.25) is 0 Å². The van der Waals surface area contributed by atoms with Gasteiger partial charge in [0.25, 0.3) is 5.56 Å². The molecule has 4 rings (SSSR count). The van der Waals surface area contributed by atoms with Gasteiger partial charge in [-0.25, -0.2) is 4.98 Å². The van der Waals surface area contributed by atoms with E-state index in [0.717, 1.165) is 32.8 Å². The Bertz CT molecular complexity index is 1210. The van der Waals surface area contributed by atoms with Gasteiger partial charge in [0.15, 0.2) is 0 Å². The molecule has 0 aliphatic rings. The summed E-state index contributed by atoms with van der Waals surface area (Å²) in [6.07, 6.45) is 1.62. The minimum Gasteiger partial charge on any atom is -0.492 e. The molecule has 0 bridgehead atoms. The molecule has 4 aromatic rings. The lowest BCUT2D eigenvalue weighted by atomic mass is 9.99. The van der Waals surface area contributed by atoms with E-state index in [1.54, 1.807) is 10.9 Å². The van der Waals surface area contributed by atoms with Crippen molar-refractivity contribution >= 4 is 21.6 Å². The molecule has 0 N–H and O–H groups in total. The Balaban J connectivity index is 1.64. The van der Waals surface area contributed by atoms with Crippen LogP contribution in [0.1, 0.15) is 16.7 Å². The van der Waals surface area contributed by atoms with Crippen molar-refractivity contribution in [1.29, 1.82) is 0 Å². The summed E-state index contributed by atoms with van der Waals surface area (Å²) in [7, 11) is 0. The molecule has 2 aromatic carbocycles. The minimum absolute atomic E-state index is 0.0194. The van der Waals surface area contributed by atoms with Crippen LogP contribution in [0.4, 0.5) is 0 Å². The Hall–Kier alpha value is -2.92. The molecule has 0 atom stereocenters. The second-order valence-corrected chi connectivity index (χ2v) is 7.91. The summed E-state index contributed by atoms with van der Waals surface area (Å²) < 4.78 is 7.44. The third-order valence-electron chi connectivity index (χ3n) is 4.82. The van der Waals surface area contributed by atoms with Gasteiger partial charge in [0.1, 0.15) is 17.2 Å². The molecule has 0 unspecified atom stereocenters. The summed E-state index contributed by atoms with van der Waals surface area (Å²) in [5, 5.41) is 2.72. The van der Waals surface area contributed by atoms with Crippen LogP contribution in [0.15, 0.2) is 59.0 Å². The molecule has 4 nitrogen and oxygen atoms in total. The number of hydrogen-bond acceptors (Lipinski definition) is 4. The second kappa shape index (κ2) is 7.60. The third kappa shape index (κ3) is 3.58. The van der Waals surface area contributed by atoms with Gasteiger partial charge in [-0.2, -0.15) is 0 Å². The topological polar surface area (TPSA) is 44.1 Å². The van der Waals surface area contributed by atoms with E-state index < -0.39 is 0 Å². The van der Waals surface area contributed by atoms with Gasteiger partial charge in [0.2, 0.25) is 0 Å². The van der Waals surface area contributed by atoms with E-state index in [1.165, 1.54) is 16.9 Å². The Morgan fingerprint density at radius 1 is 1.04 bits per heavy atom. The van der Waals surface area contributed by atoms with Gasteiger partial charge in [0.05, 0.1) is 18.3 Å². The van der Waals surface area contributed by atoms with Gasteiger partial charge in [-0.05, 0) is 49.6 Å². The second-order valence-electron chi connectivity index (χ2n) is 7.06. The van der Waals surface area contributed by atoms with Crippen molar-refractivity contribution in [1.82, 2.24) is 9.55 Å². The van der Waals surface area contributed by atoms with Crippen molar-refractivity contribution in [2.75, 3.05) is 6.61 Å². The van der Waals surface area contributed by atoms with Crippen molar-refractivity contribution in [3.05, 3.63) is 81.2 Å². The van der Waals surface area contributed by atoms with Gasteiger partial charge in [-0.1, -0.05) is 35.9 Å². The molecule has 2 aromatic heterocycles. The zero-order valence-corrected chi connectivity index (χ0v) is 17.0. The third-order valence-corrected chi connectivity index (χ3v) is 5.71. The molecule has 5 heteroatoms. The van der Waals surface area contributed by atoms with Crippen LogP contribution >= 0.6 is 11.3 Å². The lowest BCUT2D eigenvalue weighted by Gasteiger charge is -2.10. The number of benzene rings is 2. The average molecular weight is 391 g/mol. The normalized spacial score (nSPS) is 11.1. The van der Waals surface area contributed by atoms with Gasteiger partial charge < -0.3 is 4.74 Å². The number of aryl methyl sites for hydroxylation is 3. The molecule has 2 heterocycles. The van der Waals surface area contributed by atoms with E-state index in [9.17, 15) is 4.79 Å². The van der Waals surface area contributed by atoms with E-state index in [0.29, 0.717) is 18.5 Å². The maximum atomic E-state index is 13.1. The lowest BCUT2D eigenvalue weighted by Crippen LogP contribution is -2.23. The maximum Gasteiger partial charge on any atom is 0.262 e. The van der Waals surface area contributed by atoms with Crippen LogP contribution in [-0.2, 0) is 6.54 Å². The summed E-state index contributed by atoms with van der Waals surface area (Å²) in [6.45, 7) is 7.06. The van der Waals surface area contributed by atoms with Gasteiger partial charge in [0, 0.05) is 10.9 Å². The Morgan fingerprint density at radius 2 is 1.86 bits per heavy atom. The molecule has 0 saturated carbocycles. The molecule has 28 heavy (non-hydrogen) atoms. The monoisotopic (exact) mass is 390 g/mol. The highest BCUT2D eigenvalue weighted by molar-refractivity contribution is 7.17. The number of fused-ring (bicyclic) bond motifs is 1. The van der Waals surface area contributed by atoms with Crippen molar-refractivity contribution in [2.45, 2.75) is 27.3 Å². The molecule has 142 valence electrons. The molecule has 0 amide bonds. The fourth-order valence-electron chi connectivity index (χ4n) is 3.41. The fraction of sp³-hybridized carbons (Fsp3) is 0.217. The largest absolute Gasteiger partial charge is 0.492 e. The van der Waals surface area contributed by atoms with Gasteiger partial charge >= 0.3 is 0 Å². The zero-order valence-electron chi connectivity index (χ0n) is 16.2. The highest BCUT2D eigenvalue weighted by atomic mass is 32.1. The minimum atomic E-state index is -0.0194. The summed E-state index contributed by atoms with van der Waals surface area (Å²) >= 11 is 1.51. The Labute approximate surface area is 168 Å². The maximum absolute atomic E-state index is 13.1. The highest BCUT2D eigenvalue weighted by Crippen LogP contribution is 2.32. The smallest absolute Gasteiger partial charge is 0.262 e. The number of nitrogens with zero attached hydrogens (tertiary/aromatic N) is 2. The number of rotatable bonds is 5. The van der Waals surface area contributed by atoms with Crippen molar-refractivity contribution in [3.8, 4) is 16.9 Å². The van der Waals surface area contributed by atoms with E-state index in [2.05, 4.69) is 37.0 Å². The summed E-state index contributed by atoms with van der Waals surface area (Å²) in [5.41, 5.74) is 5.55. The van der Waals surface area contributed by atoms with E-state index in [-0.39, 0.29) is 5.56 Å². The Kier molecular flexibility index (Phi) is 5.01. The fourth-order valence-corrected chi connectivity index (χ4v) is 4.31. The van der Waals surface area contributed by atoms with Crippen molar-refractivity contribution in [2.24, 2.45) is 0 Å². The molecule has 0 aliphatic carbocycles. The molecule has 0 fully saturated rings. The molecule has 0 radical (unpaired) electrons. The molecule has 0 saturated heterocycles. The first-order valence-corrected chi connectivity index (χ1v) is 10.1. The average Bonchev–Trinajstić information content (AvgIpc) is 3.08. The first-order valence-electron chi connectivity index (χ1n) is 9.26. The number of aromatic nitrogens is 2. The first-order chi connectivity index (χ1) is 13.5. The summed E-state index contributed by atoms with van der Waals surface area (Å²) in [6, 6.07) is 14.2. The summed E-state index contributed by atoms with van der Waals surface area (Å²) in [5.74, 6) is 0.814. The molecular formula is C23H22N2O2S. The van der Waals surface area contributed by atoms with Crippen LogP contribution in [0.5, 0.6) is 5.75 Å². The zero-order chi connectivity index (χ0) is 19.7. The van der Waals surface area contributed by atoms with Crippen LogP contribution in [0, 0.1) is 20.8 Å². The van der Waals surface area contributed by atoms with Gasteiger partial charge in [-0.15, -0.1) is 11.3 Å². The number of thiophene rings is 1. The predicted molar refractivity (Wildman–Crippen MR) is 115 cm³/mol. The van der Waals surface area contributed by atoms with Crippen LogP contribution in [0.3, 0.4) is 0 Å². The van der Waals surface area contributed by atoms with E-state index in [4.69, 9.17) is 4.74 Å². The molecular weight excluding hydrogens is 368 g/mol. The SMILES string of the molecule is Cc1cccc(OCCn2cnc3scc(-c4ccc(C)cc4C)c3c2=O)c1. The Morgan fingerprint density at radius 3 is 2.64 bits per heavy atom. The van der Waals surface area contributed by atoms with Gasteiger partial charge in [-0.3, -0.25) is 9.36 Å². The van der Waals surface area contributed by atoms with Crippen LogP contribution in [-0.4, -0.2) is 16.2 Å². The first kappa shape index (κ1) is 18.4. The van der Waals surface area contributed by atoms with Crippen LogP contribution in [0.25, 0.3) is 21.3 Å².